The molecule has 0 bridgehead atoms. The molecule has 33 heavy (non-hydrogen) atoms. The quantitative estimate of drug-likeness (QED) is 0.237. The summed E-state index contributed by atoms with van der Waals surface area (Å²) in [7, 11) is 0. The molecule has 0 atom stereocenters. The molecular weight excluding hydrogens is 448 g/mol. The van der Waals surface area contributed by atoms with Gasteiger partial charge in [0.15, 0.2) is 0 Å². The van der Waals surface area contributed by atoms with Gasteiger partial charge in [0.05, 0.1) is 10.6 Å². The highest BCUT2D eigenvalue weighted by Crippen LogP contribution is 2.32. The fraction of sp³-hybridized carbons (Fsp3) is 0.214. The summed E-state index contributed by atoms with van der Waals surface area (Å²) in [6.45, 7) is 2.03. The van der Waals surface area contributed by atoms with Gasteiger partial charge in [0, 0.05) is 5.39 Å². The summed E-state index contributed by atoms with van der Waals surface area (Å²) in [4.78, 5) is 0. The smallest absolute Gasteiger partial charge is 0.142 e. The van der Waals surface area contributed by atoms with E-state index in [9.17, 15) is 13.2 Å². The second kappa shape index (κ2) is 9.96. The Kier molecular flexibility index (Phi) is 7.04. The Bertz CT molecular complexity index is 1290. The highest BCUT2D eigenvalue weighted by atomic mass is 35.5. The molecule has 0 aliphatic carbocycles. The van der Waals surface area contributed by atoms with E-state index in [2.05, 4.69) is 0 Å². The standard InChI is InChI=1S/C28H23ClF4/c1-2-3-4-18-14-25(31)27(26(32)15-18)21-10-11-22-20(16-21)9-8-19(28(22)33)7-5-17-6-12-23(29)24(30)13-17/h6,8-16H,2-5,7H2,1H3. The second-order valence-electron chi connectivity index (χ2n) is 8.26. The number of hydrogen-bond donors (Lipinski definition) is 0. The van der Waals surface area contributed by atoms with Crippen LogP contribution in [-0.2, 0) is 19.3 Å². The first-order valence-corrected chi connectivity index (χ1v) is 11.4. The Morgan fingerprint density at radius 3 is 2.12 bits per heavy atom. The summed E-state index contributed by atoms with van der Waals surface area (Å²) in [5, 5.41) is 0.981. The van der Waals surface area contributed by atoms with Crippen molar-refractivity contribution in [3.63, 3.8) is 0 Å². The molecule has 4 aromatic rings. The normalized spacial score (nSPS) is 11.3. The molecule has 0 amide bonds. The Labute approximate surface area is 195 Å². The van der Waals surface area contributed by atoms with Gasteiger partial charge in [-0.25, -0.2) is 17.6 Å². The van der Waals surface area contributed by atoms with E-state index in [4.69, 9.17) is 11.6 Å². The van der Waals surface area contributed by atoms with Crippen LogP contribution in [-0.4, -0.2) is 0 Å². The van der Waals surface area contributed by atoms with E-state index in [-0.39, 0.29) is 16.4 Å². The van der Waals surface area contributed by atoms with Gasteiger partial charge in [-0.05, 0) is 83.7 Å². The van der Waals surface area contributed by atoms with E-state index in [1.54, 1.807) is 30.3 Å². The van der Waals surface area contributed by atoms with Gasteiger partial charge < -0.3 is 0 Å². The summed E-state index contributed by atoms with van der Waals surface area (Å²) in [5.41, 5.74) is 2.10. The molecule has 0 heterocycles. The van der Waals surface area contributed by atoms with E-state index in [0.29, 0.717) is 46.7 Å². The molecule has 0 radical (unpaired) electrons. The van der Waals surface area contributed by atoms with Gasteiger partial charge in [0.1, 0.15) is 23.3 Å². The molecule has 4 aromatic carbocycles. The van der Waals surface area contributed by atoms with Gasteiger partial charge >= 0.3 is 0 Å². The van der Waals surface area contributed by atoms with Crippen molar-refractivity contribution < 1.29 is 17.6 Å². The minimum absolute atomic E-state index is 0.0508. The highest BCUT2D eigenvalue weighted by Gasteiger charge is 2.15. The molecule has 0 nitrogen and oxygen atoms in total. The van der Waals surface area contributed by atoms with Crippen molar-refractivity contribution in [1.29, 1.82) is 0 Å². The van der Waals surface area contributed by atoms with E-state index in [1.165, 1.54) is 30.3 Å². The zero-order valence-electron chi connectivity index (χ0n) is 18.2. The van der Waals surface area contributed by atoms with Crippen LogP contribution in [0, 0.1) is 23.3 Å². The maximum Gasteiger partial charge on any atom is 0.142 e. The Morgan fingerprint density at radius 2 is 1.42 bits per heavy atom. The zero-order valence-corrected chi connectivity index (χ0v) is 19.0. The van der Waals surface area contributed by atoms with Gasteiger partial charge in [-0.15, -0.1) is 0 Å². The van der Waals surface area contributed by atoms with Crippen molar-refractivity contribution >= 4 is 22.4 Å². The van der Waals surface area contributed by atoms with Crippen LogP contribution in [0.4, 0.5) is 17.6 Å². The van der Waals surface area contributed by atoms with Crippen LogP contribution in [0.1, 0.15) is 36.5 Å². The molecule has 0 spiro atoms. The van der Waals surface area contributed by atoms with Crippen LogP contribution in [0.15, 0.2) is 60.7 Å². The zero-order chi connectivity index (χ0) is 23.5. The number of aryl methyl sites for hydroxylation is 3. The molecule has 0 saturated carbocycles. The maximum absolute atomic E-state index is 15.1. The Morgan fingerprint density at radius 1 is 0.697 bits per heavy atom. The van der Waals surface area contributed by atoms with Gasteiger partial charge in [-0.3, -0.25) is 0 Å². The first-order chi connectivity index (χ1) is 15.9. The first kappa shape index (κ1) is 23.3. The van der Waals surface area contributed by atoms with Gasteiger partial charge in [0.2, 0.25) is 0 Å². The molecular formula is C28H23ClF4. The van der Waals surface area contributed by atoms with E-state index < -0.39 is 17.5 Å². The van der Waals surface area contributed by atoms with Gasteiger partial charge in [-0.1, -0.05) is 55.3 Å². The van der Waals surface area contributed by atoms with Crippen molar-refractivity contribution in [3.8, 4) is 11.1 Å². The van der Waals surface area contributed by atoms with Gasteiger partial charge in [-0.2, -0.15) is 0 Å². The van der Waals surface area contributed by atoms with Crippen LogP contribution in [0.25, 0.3) is 21.9 Å². The minimum Gasteiger partial charge on any atom is -0.206 e. The number of halogens is 5. The maximum atomic E-state index is 15.1. The third kappa shape index (κ3) is 5.06. The molecule has 0 aromatic heterocycles. The topological polar surface area (TPSA) is 0 Å². The van der Waals surface area contributed by atoms with Crippen molar-refractivity contribution in [1.82, 2.24) is 0 Å². The lowest BCUT2D eigenvalue weighted by Gasteiger charge is -2.11. The lowest BCUT2D eigenvalue weighted by atomic mass is 9.95. The number of benzene rings is 4. The Balaban J connectivity index is 1.61. The molecule has 0 unspecified atom stereocenters. The van der Waals surface area contributed by atoms with E-state index >= 15 is 4.39 Å². The molecule has 0 aliphatic heterocycles. The fourth-order valence-electron chi connectivity index (χ4n) is 4.09. The third-order valence-corrected chi connectivity index (χ3v) is 6.22. The van der Waals surface area contributed by atoms with Crippen LogP contribution in [0.3, 0.4) is 0 Å². The first-order valence-electron chi connectivity index (χ1n) is 11.0. The highest BCUT2D eigenvalue weighted by molar-refractivity contribution is 6.30. The lowest BCUT2D eigenvalue weighted by Crippen LogP contribution is -1.98. The summed E-state index contributed by atoms with van der Waals surface area (Å²) in [6.07, 6.45) is 3.27. The Hall–Kier alpha value is -2.85. The third-order valence-electron chi connectivity index (χ3n) is 5.91. The predicted molar refractivity (Wildman–Crippen MR) is 127 cm³/mol. The van der Waals surface area contributed by atoms with Gasteiger partial charge in [0.25, 0.3) is 0 Å². The summed E-state index contributed by atoms with van der Waals surface area (Å²) < 4.78 is 58.2. The summed E-state index contributed by atoms with van der Waals surface area (Å²) >= 11 is 5.71. The van der Waals surface area contributed by atoms with Crippen LogP contribution in [0.2, 0.25) is 5.02 Å². The van der Waals surface area contributed by atoms with Crippen LogP contribution >= 0.6 is 11.6 Å². The lowest BCUT2D eigenvalue weighted by molar-refractivity contribution is 0.584. The van der Waals surface area contributed by atoms with E-state index in [1.807, 2.05) is 6.92 Å². The SMILES string of the molecule is CCCCc1cc(F)c(-c2ccc3c(F)c(CCc4ccc(Cl)c(F)c4)ccc3c2)c(F)c1. The molecule has 4 rings (SSSR count). The predicted octanol–water partition coefficient (Wildman–Crippen LogP) is 8.84. The van der Waals surface area contributed by atoms with Crippen molar-refractivity contribution in [3.05, 3.63) is 106 Å². The minimum atomic E-state index is -0.618. The average Bonchev–Trinajstić information content (AvgIpc) is 2.79. The molecule has 0 N–H and O–H groups in total. The van der Waals surface area contributed by atoms with Crippen molar-refractivity contribution in [2.24, 2.45) is 0 Å². The summed E-state index contributed by atoms with van der Waals surface area (Å²) in [6, 6.07) is 15.4. The number of rotatable bonds is 7. The number of fused-ring (bicyclic) bond motifs is 1. The van der Waals surface area contributed by atoms with Crippen LogP contribution in [0.5, 0.6) is 0 Å². The molecule has 0 fully saturated rings. The number of hydrogen-bond acceptors (Lipinski definition) is 0. The van der Waals surface area contributed by atoms with Crippen molar-refractivity contribution in [2.75, 3.05) is 0 Å². The molecule has 5 heteroatoms. The largest absolute Gasteiger partial charge is 0.206 e. The van der Waals surface area contributed by atoms with Crippen LogP contribution < -0.4 is 0 Å². The molecule has 0 saturated heterocycles. The monoisotopic (exact) mass is 470 g/mol. The fourth-order valence-corrected chi connectivity index (χ4v) is 4.20. The number of unbranched alkanes of at least 4 members (excludes halogenated alkanes) is 1. The molecule has 0 aliphatic rings. The van der Waals surface area contributed by atoms with Crippen molar-refractivity contribution in [2.45, 2.75) is 39.0 Å². The summed E-state index contributed by atoms with van der Waals surface area (Å²) in [5.74, 6) is -2.12. The molecule has 170 valence electrons. The van der Waals surface area contributed by atoms with E-state index in [0.717, 1.165) is 18.4 Å². The second-order valence-corrected chi connectivity index (χ2v) is 8.67. The average molecular weight is 471 g/mol.